The molecule has 5 nitrogen and oxygen atoms in total. The zero-order chi connectivity index (χ0) is 14.8. The number of nitrogens with two attached hydrogens (primary N) is 1. The molecule has 2 aliphatic rings. The monoisotopic (exact) mass is 284 g/mol. The molecule has 0 saturated heterocycles. The minimum atomic E-state index is -0.545. The van der Waals surface area contributed by atoms with Gasteiger partial charge in [0, 0.05) is 12.5 Å². The van der Waals surface area contributed by atoms with E-state index in [1.54, 1.807) is 0 Å². The maximum atomic E-state index is 11.8. The predicted octanol–water partition coefficient (Wildman–Crippen LogP) is 1.35. The zero-order valence-electron chi connectivity index (χ0n) is 12.9. The van der Waals surface area contributed by atoms with Crippen molar-refractivity contribution in [3.63, 3.8) is 0 Å². The van der Waals surface area contributed by atoms with Crippen molar-refractivity contribution in [2.45, 2.75) is 76.2 Å². The lowest BCUT2D eigenvalue weighted by atomic mass is 9.96. The standard InChI is InChI=1S/C15H28N2O3/c1-14(2,3)20-9-8-19-12-6-7-15(10-12,13(16)18)17-11-4-5-11/h11-12,17H,4-10H2,1-3H3,(H2,16,18). The van der Waals surface area contributed by atoms with Crippen molar-refractivity contribution >= 4 is 5.91 Å². The van der Waals surface area contributed by atoms with Crippen LogP contribution in [0.2, 0.25) is 0 Å². The molecule has 2 rings (SSSR count). The number of rotatable bonds is 7. The normalized spacial score (nSPS) is 30.6. The molecule has 2 aliphatic carbocycles. The smallest absolute Gasteiger partial charge is 0.237 e. The fourth-order valence-electron chi connectivity index (χ4n) is 2.75. The summed E-state index contributed by atoms with van der Waals surface area (Å²) in [4.78, 5) is 11.8. The highest BCUT2D eigenvalue weighted by Crippen LogP contribution is 2.35. The van der Waals surface area contributed by atoms with Gasteiger partial charge in [-0.2, -0.15) is 0 Å². The van der Waals surface area contributed by atoms with E-state index in [2.05, 4.69) is 5.32 Å². The van der Waals surface area contributed by atoms with Gasteiger partial charge < -0.3 is 20.5 Å². The van der Waals surface area contributed by atoms with Gasteiger partial charge in [-0.05, 0) is 46.5 Å². The Labute approximate surface area is 121 Å². The van der Waals surface area contributed by atoms with Gasteiger partial charge in [0.2, 0.25) is 5.91 Å². The van der Waals surface area contributed by atoms with Gasteiger partial charge in [0.15, 0.2) is 0 Å². The van der Waals surface area contributed by atoms with Gasteiger partial charge in [0.25, 0.3) is 0 Å². The lowest BCUT2D eigenvalue weighted by Gasteiger charge is -2.27. The minimum Gasteiger partial charge on any atom is -0.376 e. The summed E-state index contributed by atoms with van der Waals surface area (Å²) in [6.07, 6.45) is 4.77. The molecule has 5 heteroatoms. The number of carbonyl (C=O) groups excluding carboxylic acids is 1. The quantitative estimate of drug-likeness (QED) is 0.692. The van der Waals surface area contributed by atoms with E-state index in [0.29, 0.717) is 25.7 Å². The number of hydrogen-bond donors (Lipinski definition) is 2. The van der Waals surface area contributed by atoms with Crippen LogP contribution in [0.1, 0.15) is 52.9 Å². The first-order valence-corrected chi connectivity index (χ1v) is 7.64. The Morgan fingerprint density at radius 3 is 2.55 bits per heavy atom. The third-order valence-electron chi connectivity index (χ3n) is 3.97. The molecule has 0 aromatic heterocycles. The number of ether oxygens (including phenoxy) is 2. The van der Waals surface area contributed by atoms with Crippen molar-refractivity contribution in [2.24, 2.45) is 5.73 Å². The van der Waals surface area contributed by atoms with Crippen LogP contribution in [0.25, 0.3) is 0 Å². The maximum absolute atomic E-state index is 11.8. The van der Waals surface area contributed by atoms with E-state index in [9.17, 15) is 4.79 Å². The third kappa shape index (κ3) is 4.43. The Bertz CT molecular complexity index is 350. The molecule has 20 heavy (non-hydrogen) atoms. The van der Waals surface area contributed by atoms with Crippen LogP contribution in [0.4, 0.5) is 0 Å². The SMILES string of the molecule is CC(C)(C)OCCOC1CCC(NC2CC2)(C(N)=O)C1. The van der Waals surface area contributed by atoms with Crippen LogP contribution in [-0.2, 0) is 14.3 Å². The Balaban J connectivity index is 1.74. The van der Waals surface area contributed by atoms with Gasteiger partial charge in [0.1, 0.15) is 5.54 Å². The average molecular weight is 284 g/mol. The van der Waals surface area contributed by atoms with Gasteiger partial charge in [-0.25, -0.2) is 0 Å². The number of nitrogens with one attached hydrogen (secondary N) is 1. The van der Waals surface area contributed by atoms with Gasteiger partial charge in [0.05, 0.1) is 24.9 Å². The fraction of sp³-hybridized carbons (Fsp3) is 0.933. The second-order valence-electron chi connectivity index (χ2n) is 7.06. The van der Waals surface area contributed by atoms with E-state index in [1.165, 1.54) is 0 Å². The van der Waals surface area contributed by atoms with Crippen molar-refractivity contribution in [3.8, 4) is 0 Å². The van der Waals surface area contributed by atoms with Crippen molar-refractivity contribution in [3.05, 3.63) is 0 Å². The summed E-state index contributed by atoms with van der Waals surface area (Å²) < 4.78 is 11.5. The molecule has 0 heterocycles. The second kappa shape index (κ2) is 6.00. The first-order chi connectivity index (χ1) is 9.31. The lowest BCUT2D eigenvalue weighted by Crippen LogP contribution is -2.54. The van der Waals surface area contributed by atoms with Gasteiger partial charge in [-0.1, -0.05) is 0 Å². The van der Waals surface area contributed by atoms with E-state index in [-0.39, 0.29) is 17.6 Å². The number of carbonyl (C=O) groups is 1. The fourth-order valence-corrected chi connectivity index (χ4v) is 2.75. The van der Waals surface area contributed by atoms with E-state index >= 15 is 0 Å². The van der Waals surface area contributed by atoms with Gasteiger partial charge >= 0.3 is 0 Å². The summed E-state index contributed by atoms with van der Waals surface area (Å²) in [6, 6.07) is 0.477. The Morgan fingerprint density at radius 1 is 1.30 bits per heavy atom. The summed E-state index contributed by atoms with van der Waals surface area (Å²) in [5, 5.41) is 3.42. The van der Waals surface area contributed by atoms with Crippen LogP contribution < -0.4 is 11.1 Å². The highest BCUT2D eigenvalue weighted by Gasteiger charge is 2.47. The molecule has 2 unspecified atom stereocenters. The van der Waals surface area contributed by atoms with Crippen LogP contribution in [0, 0.1) is 0 Å². The molecule has 2 fully saturated rings. The minimum absolute atomic E-state index is 0.109. The van der Waals surface area contributed by atoms with Crippen LogP contribution in [0.5, 0.6) is 0 Å². The Morgan fingerprint density at radius 2 is 2.00 bits per heavy atom. The first kappa shape index (κ1) is 15.7. The molecule has 3 N–H and O–H groups in total. The number of primary amides is 1. The largest absolute Gasteiger partial charge is 0.376 e. The predicted molar refractivity (Wildman–Crippen MR) is 77.4 cm³/mol. The molecule has 2 atom stereocenters. The summed E-state index contributed by atoms with van der Waals surface area (Å²) in [7, 11) is 0. The Kier molecular flexibility index (Phi) is 4.72. The topological polar surface area (TPSA) is 73.6 Å². The zero-order valence-corrected chi connectivity index (χ0v) is 12.9. The molecular weight excluding hydrogens is 256 g/mol. The van der Waals surface area contributed by atoms with Crippen molar-refractivity contribution in [1.29, 1.82) is 0 Å². The molecule has 0 aliphatic heterocycles. The summed E-state index contributed by atoms with van der Waals surface area (Å²) in [6.45, 7) is 7.24. The number of hydrogen-bond acceptors (Lipinski definition) is 4. The maximum Gasteiger partial charge on any atom is 0.237 e. The molecule has 116 valence electrons. The average Bonchev–Trinajstić information content (AvgIpc) is 3.03. The molecule has 0 aromatic rings. The molecule has 0 bridgehead atoms. The van der Waals surface area contributed by atoms with E-state index in [4.69, 9.17) is 15.2 Å². The van der Waals surface area contributed by atoms with Gasteiger partial charge in [-0.15, -0.1) is 0 Å². The highest BCUT2D eigenvalue weighted by molar-refractivity contribution is 5.85. The first-order valence-electron chi connectivity index (χ1n) is 7.64. The van der Waals surface area contributed by atoms with Crippen LogP contribution in [-0.4, -0.2) is 42.4 Å². The summed E-state index contributed by atoms with van der Waals surface area (Å²) in [5.74, 6) is -0.235. The lowest BCUT2D eigenvalue weighted by molar-refractivity contribution is -0.124. The molecule has 2 saturated carbocycles. The molecule has 0 aromatic carbocycles. The van der Waals surface area contributed by atoms with Crippen LogP contribution >= 0.6 is 0 Å². The molecule has 0 spiro atoms. The number of amides is 1. The molecule has 1 amide bonds. The third-order valence-corrected chi connectivity index (χ3v) is 3.97. The van der Waals surface area contributed by atoms with E-state index < -0.39 is 5.54 Å². The summed E-state index contributed by atoms with van der Waals surface area (Å²) >= 11 is 0. The summed E-state index contributed by atoms with van der Waals surface area (Å²) in [5.41, 5.74) is 4.92. The van der Waals surface area contributed by atoms with Gasteiger partial charge in [-0.3, -0.25) is 4.79 Å². The van der Waals surface area contributed by atoms with Crippen molar-refractivity contribution in [1.82, 2.24) is 5.32 Å². The van der Waals surface area contributed by atoms with Crippen LogP contribution in [0.3, 0.4) is 0 Å². The van der Waals surface area contributed by atoms with Crippen molar-refractivity contribution < 1.29 is 14.3 Å². The Hall–Kier alpha value is -0.650. The molecule has 0 radical (unpaired) electrons. The second-order valence-corrected chi connectivity index (χ2v) is 7.06. The van der Waals surface area contributed by atoms with E-state index in [1.807, 2.05) is 20.8 Å². The van der Waals surface area contributed by atoms with Crippen LogP contribution in [0.15, 0.2) is 0 Å². The van der Waals surface area contributed by atoms with E-state index in [0.717, 1.165) is 25.7 Å². The molecular formula is C15H28N2O3. The van der Waals surface area contributed by atoms with Crippen molar-refractivity contribution in [2.75, 3.05) is 13.2 Å². The highest BCUT2D eigenvalue weighted by atomic mass is 16.5.